The average Bonchev–Trinajstić information content (AvgIpc) is 3.32. The van der Waals surface area contributed by atoms with Crippen molar-refractivity contribution in [3.05, 3.63) is 81.1 Å². The molecule has 1 atom stereocenters. The number of carbonyl (C=O) groups excluding carboxylic acids is 2. The van der Waals surface area contributed by atoms with Crippen molar-refractivity contribution in [3.63, 3.8) is 0 Å². The van der Waals surface area contributed by atoms with Crippen molar-refractivity contribution in [2.75, 3.05) is 26.2 Å². The molecule has 172 valence electrons. The van der Waals surface area contributed by atoms with Crippen molar-refractivity contribution in [2.45, 2.75) is 25.3 Å². The van der Waals surface area contributed by atoms with Gasteiger partial charge in [-0.15, -0.1) is 0 Å². The van der Waals surface area contributed by atoms with E-state index in [-0.39, 0.29) is 18.6 Å². The molecule has 1 saturated heterocycles. The molecule has 1 amide bonds. The summed E-state index contributed by atoms with van der Waals surface area (Å²) in [5, 5.41) is 4.11. The van der Waals surface area contributed by atoms with Gasteiger partial charge in [-0.1, -0.05) is 29.8 Å². The fourth-order valence-corrected chi connectivity index (χ4v) is 4.21. The molecule has 0 aliphatic carbocycles. The van der Waals surface area contributed by atoms with Gasteiger partial charge in [0.15, 0.2) is 0 Å². The maximum atomic E-state index is 13.0. The predicted molar refractivity (Wildman–Crippen MR) is 128 cm³/mol. The van der Waals surface area contributed by atoms with Crippen LogP contribution in [0.2, 0.25) is 5.02 Å². The highest BCUT2D eigenvalue weighted by Gasteiger charge is 2.25. The van der Waals surface area contributed by atoms with E-state index in [0.717, 1.165) is 31.3 Å². The number of rotatable bonds is 8. The summed E-state index contributed by atoms with van der Waals surface area (Å²) in [5.41, 5.74) is 1.44. The van der Waals surface area contributed by atoms with Crippen molar-refractivity contribution in [3.8, 4) is 0 Å². The molecular formula is C25H26ClN3O4. The van der Waals surface area contributed by atoms with Gasteiger partial charge in [-0.25, -0.2) is 4.79 Å². The van der Waals surface area contributed by atoms with Gasteiger partial charge in [0, 0.05) is 40.5 Å². The molecule has 2 aromatic carbocycles. The van der Waals surface area contributed by atoms with Crippen LogP contribution in [0.5, 0.6) is 0 Å². The number of ether oxygens (including phenoxy) is 1. The second-order valence-electron chi connectivity index (χ2n) is 8.16. The molecule has 3 aromatic rings. The lowest BCUT2D eigenvalue weighted by Crippen LogP contribution is -2.44. The SMILES string of the molecule is O=C(NC(Cc1cc(=O)[nH]c2ccccc12)C(=O)OCCN1CCCC1)c1ccc(Cl)cc1. The van der Waals surface area contributed by atoms with Crippen LogP contribution < -0.4 is 10.9 Å². The smallest absolute Gasteiger partial charge is 0.329 e. The van der Waals surface area contributed by atoms with E-state index >= 15 is 0 Å². The number of esters is 1. The second-order valence-corrected chi connectivity index (χ2v) is 8.59. The van der Waals surface area contributed by atoms with Gasteiger partial charge in [0.2, 0.25) is 5.56 Å². The van der Waals surface area contributed by atoms with Gasteiger partial charge in [0.05, 0.1) is 0 Å². The minimum absolute atomic E-state index is 0.131. The molecule has 0 bridgehead atoms. The van der Waals surface area contributed by atoms with E-state index in [0.29, 0.717) is 28.2 Å². The fourth-order valence-electron chi connectivity index (χ4n) is 4.08. The van der Waals surface area contributed by atoms with Gasteiger partial charge in [0.25, 0.3) is 5.91 Å². The van der Waals surface area contributed by atoms with E-state index in [4.69, 9.17) is 16.3 Å². The lowest BCUT2D eigenvalue weighted by atomic mass is 10.0. The summed E-state index contributed by atoms with van der Waals surface area (Å²) in [4.78, 5) is 43.1. The van der Waals surface area contributed by atoms with E-state index in [1.54, 1.807) is 30.3 Å². The van der Waals surface area contributed by atoms with Gasteiger partial charge in [-0.2, -0.15) is 0 Å². The number of carbonyl (C=O) groups is 2. The summed E-state index contributed by atoms with van der Waals surface area (Å²) in [5.74, 6) is -0.942. The lowest BCUT2D eigenvalue weighted by molar-refractivity contribution is -0.146. The largest absolute Gasteiger partial charge is 0.463 e. The number of pyridine rings is 1. The number of likely N-dealkylation sites (tertiary alicyclic amines) is 1. The van der Waals surface area contributed by atoms with E-state index in [2.05, 4.69) is 15.2 Å². The standard InChI is InChI=1S/C25H26ClN3O4/c26-19-9-7-17(8-10-19)24(31)28-22(25(32)33-14-13-29-11-3-4-12-29)15-18-16-23(30)27-21-6-2-1-5-20(18)21/h1-2,5-10,16,22H,3-4,11-15H2,(H,27,30)(H,28,31). The minimum Gasteiger partial charge on any atom is -0.463 e. The van der Waals surface area contributed by atoms with E-state index in [1.165, 1.54) is 6.07 Å². The molecule has 0 spiro atoms. The molecule has 2 heterocycles. The Kier molecular flexibility index (Phi) is 7.42. The third kappa shape index (κ3) is 6.00. The molecule has 0 radical (unpaired) electrons. The van der Waals surface area contributed by atoms with Crippen molar-refractivity contribution < 1.29 is 14.3 Å². The van der Waals surface area contributed by atoms with Crippen molar-refractivity contribution in [1.29, 1.82) is 0 Å². The van der Waals surface area contributed by atoms with Crippen LogP contribution in [0.25, 0.3) is 10.9 Å². The van der Waals surface area contributed by atoms with Gasteiger partial charge in [-0.3, -0.25) is 14.5 Å². The van der Waals surface area contributed by atoms with Gasteiger partial charge in [-0.05, 0) is 61.8 Å². The maximum Gasteiger partial charge on any atom is 0.329 e. The molecule has 1 aliphatic rings. The maximum absolute atomic E-state index is 13.0. The number of para-hydroxylation sites is 1. The van der Waals surface area contributed by atoms with Gasteiger partial charge >= 0.3 is 5.97 Å². The zero-order valence-electron chi connectivity index (χ0n) is 18.2. The monoisotopic (exact) mass is 467 g/mol. The first-order chi connectivity index (χ1) is 16.0. The topological polar surface area (TPSA) is 91.5 Å². The Labute approximate surface area is 196 Å². The fraction of sp³-hybridized carbons (Fsp3) is 0.320. The quantitative estimate of drug-likeness (QED) is 0.496. The van der Waals surface area contributed by atoms with Crippen molar-refractivity contribution in [2.24, 2.45) is 0 Å². The van der Waals surface area contributed by atoms with E-state index in [1.807, 2.05) is 18.2 Å². The van der Waals surface area contributed by atoms with Crippen LogP contribution in [0, 0.1) is 0 Å². The molecule has 8 heteroatoms. The molecule has 4 rings (SSSR count). The van der Waals surface area contributed by atoms with Crippen molar-refractivity contribution >= 4 is 34.4 Å². The number of hydrogen-bond donors (Lipinski definition) is 2. The number of aromatic amines is 1. The zero-order valence-corrected chi connectivity index (χ0v) is 18.9. The van der Waals surface area contributed by atoms with Crippen molar-refractivity contribution in [1.82, 2.24) is 15.2 Å². The number of nitrogens with one attached hydrogen (secondary N) is 2. The van der Waals surface area contributed by atoms with E-state index in [9.17, 15) is 14.4 Å². The van der Waals surface area contributed by atoms with Crippen LogP contribution in [0.1, 0.15) is 28.8 Å². The van der Waals surface area contributed by atoms with Crippen LogP contribution in [0.4, 0.5) is 0 Å². The summed E-state index contributed by atoms with van der Waals surface area (Å²) < 4.78 is 5.53. The number of fused-ring (bicyclic) bond motifs is 1. The summed E-state index contributed by atoms with van der Waals surface area (Å²) in [7, 11) is 0. The number of amides is 1. The Bertz CT molecular complexity index is 1190. The Morgan fingerprint density at radius 3 is 2.58 bits per heavy atom. The van der Waals surface area contributed by atoms with Crippen LogP contribution in [0.15, 0.2) is 59.4 Å². The third-order valence-electron chi connectivity index (χ3n) is 5.81. The Balaban J connectivity index is 1.54. The first-order valence-electron chi connectivity index (χ1n) is 11.1. The number of nitrogens with zero attached hydrogens (tertiary/aromatic N) is 1. The molecule has 1 aliphatic heterocycles. The number of aromatic nitrogens is 1. The summed E-state index contributed by atoms with van der Waals surface area (Å²) >= 11 is 5.92. The molecular weight excluding hydrogens is 442 g/mol. The normalized spacial score (nSPS) is 14.8. The molecule has 2 N–H and O–H groups in total. The molecule has 33 heavy (non-hydrogen) atoms. The Morgan fingerprint density at radius 2 is 1.82 bits per heavy atom. The third-order valence-corrected chi connectivity index (χ3v) is 6.06. The highest BCUT2D eigenvalue weighted by molar-refractivity contribution is 6.30. The summed E-state index contributed by atoms with van der Waals surface area (Å²) in [6.45, 7) is 2.93. The van der Waals surface area contributed by atoms with Crippen LogP contribution in [-0.2, 0) is 16.0 Å². The number of halogens is 1. The van der Waals surface area contributed by atoms with Crippen LogP contribution >= 0.6 is 11.6 Å². The van der Waals surface area contributed by atoms with Gasteiger partial charge in [0.1, 0.15) is 12.6 Å². The second kappa shape index (κ2) is 10.6. The first-order valence-corrected chi connectivity index (χ1v) is 11.4. The molecule has 1 unspecified atom stereocenters. The Morgan fingerprint density at radius 1 is 1.09 bits per heavy atom. The zero-order chi connectivity index (χ0) is 23.2. The predicted octanol–water partition coefficient (Wildman–Crippen LogP) is 3.16. The number of hydrogen-bond acceptors (Lipinski definition) is 5. The lowest BCUT2D eigenvalue weighted by Gasteiger charge is -2.20. The van der Waals surface area contributed by atoms with Gasteiger partial charge < -0.3 is 15.0 Å². The molecule has 0 saturated carbocycles. The summed E-state index contributed by atoms with van der Waals surface area (Å²) in [6.07, 6.45) is 2.44. The number of benzene rings is 2. The molecule has 7 nitrogen and oxygen atoms in total. The van der Waals surface area contributed by atoms with Crippen LogP contribution in [0.3, 0.4) is 0 Å². The average molecular weight is 468 g/mol. The summed E-state index contributed by atoms with van der Waals surface area (Å²) in [6, 6.07) is 14.3. The Hall–Kier alpha value is -3.16. The minimum atomic E-state index is -0.947. The van der Waals surface area contributed by atoms with E-state index < -0.39 is 17.9 Å². The molecule has 1 aromatic heterocycles. The highest BCUT2D eigenvalue weighted by Crippen LogP contribution is 2.17. The first kappa shape index (κ1) is 23.0. The molecule has 1 fully saturated rings. The number of H-pyrrole nitrogens is 1. The van der Waals surface area contributed by atoms with Crippen LogP contribution in [-0.4, -0.2) is 54.0 Å². The highest BCUT2D eigenvalue weighted by atomic mass is 35.5.